The molecule has 2 rings (SSSR count). The maximum absolute atomic E-state index is 12.5. The third kappa shape index (κ3) is 5.30. The number of hydrogen-bond donors (Lipinski definition) is 0. The first-order valence-electron chi connectivity index (χ1n) is 8.35. The lowest BCUT2D eigenvalue weighted by Crippen LogP contribution is -2.19. The Balaban J connectivity index is 1.81. The second kappa shape index (κ2) is 6.91. The van der Waals surface area contributed by atoms with Crippen LogP contribution in [0.5, 0.6) is 0 Å². The molecule has 1 aromatic carbocycles. The summed E-state index contributed by atoms with van der Waals surface area (Å²) in [4.78, 5) is 0.411. The monoisotopic (exact) mass is 351 g/mol. The molecule has 1 unspecified atom stereocenters. The lowest BCUT2D eigenvalue weighted by Gasteiger charge is -2.17. The van der Waals surface area contributed by atoms with Gasteiger partial charge in [0.1, 0.15) is 0 Å². The minimum absolute atomic E-state index is 0.181. The molecule has 1 aromatic rings. The van der Waals surface area contributed by atoms with Gasteiger partial charge in [-0.25, -0.2) is 8.42 Å². The molecule has 0 aromatic heterocycles. The van der Waals surface area contributed by atoms with Gasteiger partial charge in [0.15, 0.2) is 0 Å². The Morgan fingerprint density at radius 2 is 1.87 bits per heavy atom. The molecule has 0 radical (unpaired) electrons. The number of rotatable bonds is 8. The molecule has 0 aliphatic carbocycles. The van der Waals surface area contributed by atoms with Gasteiger partial charge in [-0.1, -0.05) is 42.9 Å². The van der Waals surface area contributed by atoms with Crippen molar-refractivity contribution in [1.29, 1.82) is 0 Å². The van der Waals surface area contributed by atoms with Crippen molar-refractivity contribution in [2.45, 2.75) is 62.8 Å². The molecule has 0 amide bonds. The van der Waals surface area contributed by atoms with Crippen LogP contribution < -0.4 is 0 Å². The van der Waals surface area contributed by atoms with Crippen LogP contribution in [-0.2, 0) is 10.0 Å². The van der Waals surface area contributed by atoms with E-state index in [1.165, 1.54) is 11.6 Å². The van der Waals surface area contributed by atoms with E-state index >= 15 is 0 Å². The maximum Gasteiger partial charge on any atom is 0.243 e. The molecule has 0 spiro atoms. The smallest absolute Gasteiger partial charge is 0.207 e. The quantitative estimate of drug-likeness (QED) is 0.395. The van der Waals surface area contributed by atoms with Crippen molar-refractivity contribution in [3.05, 3.63) is 42.0 Å². The Kier molecular flexibility index (Phi) is 5.54. The number of benzene rings is 1. The first-order valence-corrected chi connectivity index (χ1v) is 13.5. The van der Waals surface area contributed by atoms with Crippen LogP contribution in [0, 0.1) is 6.92 Å². The fourth-order valence-corrected chi connectivity index (χ4v) is 6.26. The lowest BCUT2D eigenvalue weighted by molar-refractivity contribution is 0.543. The molecule has 1 heterocycles. The van der Waals surface area contributed by atoms with Gasteiger partial charge in [0.05, 0.1) is 4.90 Å². The minimum Gasteiger partial charge on any atom is -0.207 e. The Labute approximate surface area is 142 Å². The Morgan fingerprint density at radius 3 is 2.43 bits per heavy atom. The molecule has 23 heavy (non-hydrogen) atoms. The molecule has 0 bridgehead atoms. The average molecular weight is 352 g/mol. The van der Waals surface area contributed by atoms with E-state index < -0.39 is 18.1 Å². The number of sulfonamides is 1. The van der Waals surface area contributed by atoms with Crippen LogP contribution in [0.1, 0.15) is 24.8 Å². The van der Waals surface area contributed by atoms with E-state index in [9.17, 15) is 8.42 Å². The number of aryl methyl sites for hydroxylation is 1. The predicted molar refractivity (Wildman–Crippen MR) is 100 cm³/mol. The molecule has 1 aliphatic rings. The zero-order chi connectivity index (χ0) is 17.3. The van der Waals surface area contributed by atoms with Crippen molar-refractivity contribution in [1.82, 2.24) is 4.31 Å². The van der Waals surface area contributed by atoms with Gasteiger partial charge in [0.25, 0.3) is 0 Å². The maximum atomic E-state index is 12.5. The normalized spacial score (nSPS) is 21.2. The van der Waals surface area contributed by atoms with Crippen LogP contribution in [0.4, 0.5) is 0 Å². The zero-order valence-electron chi connectivity index (χ0n) is 14.8. The van der Waals surface area contributed by atoms with E-state index in [1.807, 2.05) is 19.1 Å². The van der Waals surface area contributed by atoms with E-state index in [0.29, 0.717) is 11.4 Å². The van der Waals surface area contributed by atoms with Crippen LogP contribution >= 0.6 is 0 Å². The van der Waals surface area contributed by atoms with Crippen LogP contribution in [0.25, 0.3) is 0 Å². The van der Waals surface area contributed by atoms with Crippen LogP contribution in [0.15, 0.2) is 41.3 Å². The highest BCUT2D eigenvalue weighted by molar-refractivity contribution is 7.89. The summed E-state index contributed by atoms with van der Waals surface area (Å²) in [5.74, 6) is 0. The topological polar surface area (TPSA) is 37.1 Å². The second-order valence-corrected chi connectivity index (χ2v) is 15.3. The third-order valence-corrected chi connectivity index (χ3v) is 7.63. The van der Waals surface area contributed by atoms with Crippen molar-refractivity contribution < 1.29 is 8.42 Å². The molecule has 0 N–H and O–H groups in total. The highest BCUT2D eigenvalue weighted by atomic mass is 32.2. The van der Waals surface area contributed by atoms with E-state index in [1.54, 1.807) is 16.4 Å². The van der Waals surface area contributed by atoms with Gasteiger partial charge in [0, 0.05) is 20.7 Å². The summed E-state index contributed by atoms with van der Waals surface area (Å²) < 4.78 is 26.7. The Morgan fingerprint density at radius 1 is 1.26 bits per heavy atom. The largest absolute Gasteiger partial charge is 0.243 e. The molecule has 128 valence electrons. The summed E-state index contributed by atoms with van der Waals surface area (Å²) in [5, 5.41) is 0. The SMILES string of the molecule is C=C(CCC[C@H]1CN1S(=O)(=O)c1ccc(C)cc1)C[Si](C)(C)C. The van der Waals surface area contributed by atoms with Gasteiger partial charge in [-0.05, 0) is 44.4 Å². The fourth-order valence-electron chi connectivity index (χ4n) is 2.96. The van der Waals surface area contributed by atoms with Gasteiger partial charge in [-0.3, -0.25) is 0 Å². The first kappa shape index (κ1) is 18.4. The molecule has 0 saturated carbocycles. The van der Waals surface area contributed by atoms with Crippen molar-refractivity contribution in [3.63, 3.8) is 0 Å². The molecule has 3 nitrogen and oxygen atoms in total. The van der Waals surface area contributed by atoms with Gasteiger partial charge >= 0.3 is 0 Å². The zero-order valence-corrected chi connectivity index (χ0v) is 16.6. The molecular weight excluding hydrogens is 322 g/mol. The lowest BCUT2D eigenvalue weighted by atomic mass is 10.1. The van der Waals surface area contributed by atoms with Crippen molar-refractivity contribution in [2.24, 2.45) is 0 Å². The molecule has 1 fully saturated rings. The summed E-state index contributed by atoms with van der Waals surface area (Å²) in [6, 6.07) is 8.47. The second-order valence-electron chi connectivity index (χ2n) is 7.92. The van der Waals surface area contributed by atoms with Crippen LogP contribution in [0.2, 0.25) is 25.7 Å². The Hall–Kier alpha value is -0.913. The summed E-state index contributed by atoms with van der Waals surface area (Å²) in [5.41, 5.74) is 2.41. The van der Waals surface area contributed by atoms with E-state index in [4.69, 9.17) is 0 Å². The fraction of sp³-hybridized carbons (Fsp3) is 0.556. The van der Waals surface area contributed by atoms with Crippen LogP contribution in [0.3, 0.4) is 0 Å². The van der Waals surface area contributed by atoms with Gasteiger partial charge in [-0.2, -0.15) is 4.31 Å². The van der Waals surface area contributed by atoms with E-state index in [2.05, 4.69) is 26.2 Å². The number of nitrogens with zero attached hydrogens (tertiary/aromatic N) is 1. The highest BCUT2D eigenvalue weighted by Gasteiger charge is 2.43. The minimum atomic E-state index is -3.29. The summed E-state index contributed by atoms with van der Waals surface area (Å²) in [7, 11) is -4.37. The van der Waals surface area contributed by atoms with Gasteiger partial charge < -0.3 is 0 Å². The van der Waals surface area contributed by atoms with Crippen molar-refractivity contribution in [2.75, 3.05) is 6.54 Å². The molecule has 5 heteroatoms. The van der Waals surface area contributed by atoms with Gasteiger partial charge in [-0.15, -0.1) is 6.58 Å². The van der Waals surface area contributed by atoms with Crippen molar-refractivity contribution in [3.8, 4) is 0 Å². The van der Waals surface area contributed by atoms with E-state index in [-0.39, 0.29) is 6.04 Å². The molecule has 2 atom stereocenters. The van der Waals surface area contributed by atoms with Crippen molar-refractivity contribution >= 4 is 18.1 Å². The number of hydrogen-bond acceptors (Lipinski definition) is 2. The first-order chi connectivity index (χ1) is 10.6. The Bertz CT molecular complexity index is 659. The number of allylic oxidation sites excluding steroid dienone is 1. The van der Waals surface area contributed by atoms with Gasteiger partial charge in [0.2, 0.25) is 10.0 Å². The third-order valence-electron chi connectivity index (χ3n) is 4.14. The standard InChI is InChI=1S/C18H29NO2SSi/c1-15-9-11-18(12-10-15)22(20,21)19-13-17(19)8-6-7-16(2)14-23(3,4)5/h9-12,17H,2,6-8,13-14H2,1,3-5H3/t17-,19?/m0/s1. The predicted octanol–water partition coefficient (Wildman–Crippen LogP) is 4.43. The summed E-state index contributed by atoms with van der Waals surface area (Å²) >= 11 is 0. The average Bonchev–Trinajstić information content (AvgIpc) is 3.17. The van der Waals surface area contributed by atoms with Crippen LogP contribution in [-0.4, -0.2) is 33.4 Å². The summed E-state index contributed by atoms with van der Waals surface area (Å²) in [6.07, 6.45) is 3.00. The molecular formula is C18H29NO2SSi. The molecule has 1 aliphatic heterocycles. The highest BCUT2D eigenvalue weighted by Crippen LogP contribution is 2.32. The molecule has 1 saturated heterocycles. The summed E-state index contributed by atoms with van der Waals surface area (Å²) in [6.45, 7) is 13.9. The van der Waals surface area contributed by atoms with E-state index in [0.717, 1.165) is 24.8 Å².